The Balaban J connectivity index is 1.74. The molecule has 1 aromatic heterocycles. The molecule has 0 bridgehead atoms. The molecule has 2 aromatic rings. The van der Waals surface area contributed by atoms with Gasteiger partial charge in [0.05, 0.1) is 5.56 Å². The minimum absolute atomic E-state index is 0.104. The Morgan fingerprint density at radius 3 is 2.70 bits per heavy atom. The summed E-state index contributed by atoms with van der Waals surface area (Å²) in [6.45, 7) is 4.11. The van der Waals surface area contributed by atoms with E-state index in [4.69, 9.17) is 0 Å². The number of hydrogen-bond acceptors (Lipinski definition) is 3. The standard InChI is InChI=1S/C19H23N3O/c1-13(2)21-18-11-10-15(12-20-18)19(23)22-17-9-5-7-14-6-3-4-8-16(14)17/h5,7,9-13H,3-4,6,8H2,1-2H3,(H,20,21)(H,22,23). The highest BCUT2D eigenvalue weighted by molar-refractivity contribution is 6.04. The molecule has 0 unspecified atom stereocenters. The van der Waals surface area contributed by atoms with Crippen molar-refractivity contribution in [1.82, 2.24) is 4.98 Å². The molecule has 1 amide bonds. The fraction of sp³-hybridized carbons (Fsp3) is 0.368. The first kappa shape index (κ1) is 15.5. The summed E-state index contributed by atoms with van der Waals surface area (Å²) in [5.41, 5.74) is 4.17. The number of carbonyl (C=O) groups excluding carboxylic acids is 1. The zero-order chi connectivity index (χ0) is 16.2. The molecule has 1 aromatic carbocycles. The lowest BCUT2D eigenvalue weighted by Gasteiger charge is -2.19. The van der Waals surface area contributed by atoms with Crippen molar-refractivity contribution in [3.8, 4) is 0 Å². The second kappa shape index (κ2) is 6.82. The lowest BCUT2D eigenvalue weighted by atomic mass is 9.90. The molecule has 2 N–H and O–H groups in total. The summed E-state index contributed by atoms with van der Waals surface area (Å²) in [6.07, 6.45) is 6.20. The highest BCUT2D eigenvalue weighted by Crippen LogP contribution is 2.28. The van der Waals surface area contributed by atoms with Gasteiger partial charge in [-0.25, -0.2) is 4.98 Å². The van der Waals surface area contributed by atoms with Crippen LogP contribution in [0.2, 0.25) is 0 Å². The highest BCUT2D eigenvalue weighted by Gasteiger charge is 2.15. The number of aromatic nitrogens is 1. The Labute approximate surface area is 137 Å². The summed E-state index contributed by atoms with van der Waals surface area (Å²) >= 11 is 0. The van der Waals surface area contributed by atoms with E-state index in [0.29, 0.717) is 11.6 Å². The van der Waals surface area contributed by atoms with Crippen LogP contribution in [0.5, 0.6) is 0 Å². The van der Waals surface area contributed by atoms with E-state index in [9.17, 15) is 4.79 Å². The van der Waals surface area contributed by atoms with Crippen LogP contribution in [0.25, 0.3) is 0 Å². The zero-order valence-corrected chi connectivity index (χ0v) is 13.7. The summed E-state index contributed by atoms with van der Waals surface area (Å²) in [5.74, 6) is 0.682. The van der Waals surface area contributed by atoms with Gasteiger partial charge < -0.3 is 10.6 Å². The molecule has 1 aliphatic rings. The predicted octanol–water partition coefficient (Wildman–Crippen LogP) is 4.03. The molecule has 4 heteroatoms. The number of anilines is 2. The lowest BCUT2D eigenvalue weighted by Crippen LogP contribution is -2.16. The number of rotatable bonds is 4. The van der Waals surface area contributed by atoms with Crippen molar-refractivity contribution in [2.24, 2.45) is 0 Å². The Morgan fingerprint density at radius 2 is 1.96 bits per heavy atom. The molecule has 4 nitrogen and oxygen atoms in total. The Bertz CT molecular complexity index is 692. The molecule has 1 heterocycles. The normalized spacial score (nSPS) is 13.5. The molecular formula is C19H23N3O. The predicted molar refractivity (Wildman–Crippen MR) is 94.0 cm³/mol. The monoisotopic (exact) mass is 309 g/mol. The quantitative estimate of drug-likeness (QED) is 0.896. The number of nitrogens with one attached hydrogen (secondary N) is 2. The van der Waals surface area contributed by atoms with Crippen molar-refractivity contribution in [1.29, 1.82) is 0 Å². The smallest absolute Gasteiger partial charge is 0.257 e. The average molecular weight is 309 g/mol. The third-order valence-electron chi connectivity index (χ3n) is 4.11. The molecule has 120 valence electrons. The second-order valence-corrected chi connectivity index (χ2v) is 6.34. The van der Waals surface area contributed by atoms with Gasteiger partial charge in [0.1, 0.15) is 5.82 Å². The number of benzene rings is 1. The van der Waals surface area contributed by atoms with E-state index in [-0.39, 0.29) is 5.91 Å². The maximum absolute atomic E-state index is 12.5. The fourth-order valence-electron chi connectivity index (χ4n) is 3.00. The van der Waals surface area contributed by atoms with E-state index in [2.05, 4.69) is 35.5 Å². The molecule has 23 heavy (non-hydrogen) atoms. The lowest BCUT2D eigenvalue weighted by molar-refractivity contribution is 0.102. The van der Waals surface area contributed by atoms with Crippen LogP contribution in [0.15, 0.2) is 36.5 Å². The van der Waals surface area contributed by atoms with E-state index in [1.807, 2.05) is 24.3 Å². The molecule has 0 saturated carbocycles. The first-order valence-corrected chi connectivity index (χ1v) is 8.28. The van der Waals surface area contributed by atoms with Crippen molar-refractivity contribution in [3.05, 3.63) is 53.2 Å². The van der Waals surface area contributed by atoms with Gasteiger partial charge in [-0.05, 0) is 68.9 Å². The molecule has 0 saturated heterocycles. The molecule has 3 rings (SSSR count). The van der Waals surface area contributed by atoms with Crippen LogP contribution in [-0.2, 0) is 12.8 Å². The van der Waals surface area contributed by atoms with Gasteiger partial charge in [-0.15, -0.1) is 0 Å². The number of nitrogens with zero attached hydrogens (tertiary/aromatic N) is 1. The van der Waals surface area contributed by atoms with Crippen molar-refractivity contribution in [2.45, 2.75) is 45.6 Å². The Morgan fingerprint density at radius 1 is 1.13 bits per heavy atom. The summed E-state index contributed by atoms with van der Waals surface area (Å²) in [5, 5.41) is 6.27. The van der Waals surface area contributed by atoms with Gasteiger partial charge >= 0.3 is 0 Å². The van der Waals surface area contributed by atoms with Crippen LogP contribution >= 0.6 is 0 Å². The van der Waals surface area contributed by atoms with Crippen LogP contribution in [0.4, 0.5) is 11.5 Å². The number of carbonyl (C=O) groups is 1. The van der Waals surface area contributed by atoms with Crippen molar-refractivity contribution in [2.75, 3.05) is 10.6 Å². The van der Waals surface area contributed by atoms with Crippen LogP contribution in [0.1, 0.15) is 48.2 Å². The number of amides is 1. The van der Waals surface area contributed by atoms with Gasteiger partial charge in [0.2, 0.25) is 0 Å². The Hall–Kier alpha value is -2.36. The van der Waals surface area contributed by atoms with Crippen LogP contribution in [-0.4, -0.2) is 16.9 Å². The van der Waals surface area contributed by atoms with Gasteiger partial charge in [-0.2, -0.15) is 0 Å². The van der Waals surface area contributed by atoms with E-state index in [1.54, 1.807) is 6.20 Å². The molecule has 0 fully saturated rings. The molecule has 1 aliphatic carbocycles. The van der Waals surface area contributed by atoms with E-state index in [1.165, 1.54) is 24.0 Å². The van der Waals surface area contributed by atoms with E-state index < -0.39 is 0 Å². The summed E-state index contributed by atoms with van der Waals surface area (Å²) in [4.78, 5) is 16.8. The third kappa shape index (κ3) is 3.70. The molecule has 0 radical (unpaired) electrons. The first-order chi connectivity index (χ1) is 11.1. The van der Waals surface area contributed by atoms with Gasteiger partial charge in [0, 0.05) is 17.9 Å². The minimum atomic E-state index is -0.104. The average Bonchev–Trinajstić information content (AvgIpc) is 2.55. The summed E-state index contributed by atoms with van der Waals surface area (Å²) in [6, 6.07) is 10.1. The topological polar surface area (TPSA) is 54.0 Å². The largest absolute Gasteiger partial charge is 0.368 e. The van der Waals surface area contributed by atoms with Gasteiger partial charge in [0.15, 0.2) is 0 Å². The number of fused-ring (bicyclic) bond motifs is 1. The number of hydrogen-bond donors (Lipinski definition) is 2. The third-order valence-corrected chi connectivity index (χ3v) is 4.11. The van der Waals surface area contributed by atoms with Crippen LogP contribution in [0, 0.1) is 0 Å². The van der Waals surface area contributed by atoms with E-state index >= 15 is 0 Å². The number of pyridine rings is 1. The number of aryl methyl sites for hydroxylation is 1. The summed E-state index contributed by atoms with van der Waals surface area (Å²) < 4.78 is 0. The maximum atomic E-state index is 12.5. The highest BCUT2D eigenvalue weighted by atomic mass is 16.1. The maximum Gasteiger partial charge on any atom is 0.257 e. The Kier molecular flexibility index (Phi) is 4.60. The van der Waals surface area contributed by atoms with Crippen molar-refractivity contribution in [3.63, 3.8) is 0 Å². The summed E-state index contributed by atoms with van der Waals surface area (Å²) in [7, 11) is 0. The molecule has 0 spiro atoms. The van der Waals surface area contributed by atoms with Crippen LogP contribution in [0.3, 0.4) is 0 Å². The van der Waals surface area contributed by atoms with Gasteiger partial charge in [0.25, 0.3) is 5.91 Å². The van der Waals surface area contributed by atoms with Crippen molar-refractivity contribution >= 4 is 17.4 Å². The molecule has 0 atom stereocenters. The van der Waals surface area contributed by atoms with Crippen molar-refractivity contribution < 1.29 is 4.79 Å². The zero-order valence-electron chi connectivity index (χ0n) is 13.7. The molecule has 0 aliphatic heterocycles. The SMILES string of the molecule is CC(C)Nc1ccc(C(=O)Nc2cccc3c2CCCC3)cn1. The van der Waals surface area contributed by atoms with Gasteiger partial charge in [-0.3, -0.25) is 4.79 Å². The van der Waals surface area contributed by atoms with Crippen LogP contribution < -0.4 is 10.6 Å². The van der Waals surface area contributed by atoms with Gasteiger partial charge in [-0.1, -0.05) is 12.1 Å². The first-order valence-electron chi connectivity index (χ1n) is 8.28. The fourth-order valence-corrected chi connectivity index (χ4v) is 3.00. The van der Waals surface area contributed by atoms with E-state index in [0.717, 1.165) is 24.3 Å². The second-order valence-electron chi connectivity index (χ2n) is 6.34. The minimum Gasteiger partial charge on any atom is -0.368 e. The molecular weight excluding hydrogens is 286 g/mol.